The van der Waals surface area contributed by atoms with Crippen LogP contribution < -0.4 is 5.32 Å². The van der Waals surface area contributed by atoms with E-state index in [1.54, 1.807) is 0 Å². The second-order valence-electron chi connectivity index (χ2n) is 5.35. The number of carbonyl (C=O) groups excluding carboxylic acids is 1. The summed E-state index contributed by atoms with van der Waals surface area (Å²) in [5, 5.41) is 11.6. The van der Waals surface area contributed by atoms with Gasteiger partial charge in [0, 0.05) is 25.0 Å². The Bertz CT molecular complexity index is 313. The Balaban J connectivity index is 1.95. The van der Waals surface area contributed by atoms with Crippen molar-refractivity contribution < 1.29 is 14.7 Å². The molecule has 1 aliphatic heterocycles. The summed E-state index contributed by atoms with van der Waals surface area (Å²) in [6, 6.07) is 0.672. The van der Waals surface area contributed by atoms with Crippen molar-refractivity contribution in [2.24, 2.45) is 0 Å². The number of hydrogen-bond donors (Lipinski definition) is 2. The normalized spacial score (nSPS) is 26.9. The van der Waals surface area contributed by atoms with E-state index in [4.69, 9.17) is 5.11 Å². The Kier molecular flexibility index (Phi) is 4.58. The largest absolute Gasteiger partial charge is 0.481 e. The Labute approximate surface area is 108 Å². The summed E-state index contributed by atoms with van der Waals surface area (Å²) in [6.45, 7) is 1.04. The molecule has 0 radical (unpaired) electrons. The van der Waals surface area contributed by atoms with Crippen LogP contribution in [0.5, 0.6) is 0 Å². The molecule has 1 saturated heterocycles. The van der Waals surface area contributed by atoms with Gasteiger partial charge >= 0.3 is 5.97 Å². The molecule has 2 aliphatic rings. The lowest BCUT2D eigenvalue weighted by atomic mass is 9.91. The lowest BCUT2D eigenvalue weighted by Gasteiger charge is -2.42. The van der Waals surface area contributed by atoms with Gasteiger partial charge in [-0.25, -0.2) is 0 Å². The molecule has 1 amide bonds. The molecule has 1 heterocycles. The first-order valence-electron chi connectivity index (χ1n) is 6.91. The summed E-state index contributed by atoms with van der Waals surface area (Å²) in [5.41, 5.74) is 0. The molecular weight excluding hydrogens is 232 g/mol. The Hall–Kier alpha value is -1.10. The highest BCUT2D eigenvalue weighted by molar-refractivity contribution is 5.79. The maximum atomic E-state index is 11.5. The van der Waals surface area contributed by atoms with Crippen LogP contribution in [0.15, 0.2) is 0 Å². The summed E-state index contributed by atoms with van der Waals surface area (Å²) in [7, 11) is 0. The fourth-order valence-corrected chi connectivity index (χ4v) is 3.10. The first-order valence-corrected chi connectivity index (χ1v) is 6.91. The molecule has 0 bridgehead atoms. The first-order chi connectivity index (χ1) is 8.66. The number of piperazine rings is 1. The van der Waals surface area contributed by atoms with Crippen LogP contribution in [0.4, 0.5) is 0 Å². The number of carbonyl (C=O) groups is 2. The molecule has 1 aliphatic carbocycles. The van der Waals surface area contributed by atoms with E-state index < -0.39 is 5.97 Å². The number of carboxylic acids is 1. The smallest absolute Gasteiger partial charge is 0.303 e. The minimum Gasteiger partial charge on any atom is -0.481 e. The van der Waals surface area contributed by atoms with E-state index in [9.17, 15) is 9.59 Å². The Morgan fingerprint density at radius 1 is 1.33 bits per heavy atom. The fraction of sp³-hybridized carbons (Fsp3) is 0.846. The van der Waals surface area contributed by atoms with Gasteiger partial charge < -0.3 is 10.4 Å². The molecule has 2 N–H and O–H groups in total. The van der Waals surface area contributed by atoms with Gasteiger partial charge in [0.1, 0.15) is 0 Å². The van der Waals surface area contributed by atoms with Crippen LogP contribution in [0.25, 0.3) is 0 Å². The molecule has 2 rings (SSSR count). The number of amides is 1. The highest BCUT2D eigenvalue weighted by atomic mass is 16.4. The van der Waals surface area contributed by atoms with Gasteiger partial charge in [-0.05, 0) is 19.3 Å². The lowest BCUT2D eigenvalue weighted by molar-refractivity contribution is -0.137. The average Bonchev–Trinajstić information content (AvgIpc) is 2.38. The average molecular weight is 254 g/mol. The highest BCUT2D eigenvalue weighted by Crippen LogP contribution is 2.26. The van der Waals surface area contributed by atoms with Gasteiger partial charge in [0.05, 0.1) is 6.54 Å². The van der Waals surface area contributed by atoms with Gasteiger partial charge in [0.2, 0.25) is 5.91 Å². The number of aliphatic carboxylic acids is 1. The zero-order chi connectivity index (χ0) is 13.0. The molecule has 18 heavy (non-hydrogen) atoms. The predicted molar refractivity (Wildman–Crippen MR) is 67.2 cm³/mol. The number of nitrogens with zero attached hydrogens (tertiary/aromatic N) is 1. The van der Waals surface area contributed by atoms with Crippen molar-refractivity contribution in [2.75, 3.05) is 13.1 Å². The van der Waals surface area contributed by atoms with Gasteiger partial charge in [-0.2, -0.15) is 0 Å². The second-order valence-corrected chi connectivity index (χ2v) is 5.35. The molecule has 0 spiro atoms. The third-order valence-corrected chi connectivity index (χ3v) is 4.07. The molecule has 5 nitrogen and oxygen atoms in total. The molecular formula is C13H22N2O3. The van der Waals surface area contributed by atoms with E-state index in [-0.39, 0.29) is 18.4 Å². The van der Waals surface area contributed by atoms with Gasteiger partial charge in [-0.15, -0.1) is 0 Å². The molecule has 0 aromatic rings. The van der Waals surface area contributed by atoms with E-state index >= 15 is 0 Å². The van der Waals surface area contributed by atoms with Crippen LogP contribution in [-0.4, -0.2) is 47.1 Å². The van der Waals surface area contributed by atoms with Crippen LogP contribution in [0.2, 0.25) is 0 Å². The topological polar surface area (TPSA) is 69.6 Å². The third-order valence-electron chi connectivity index (χ3n) is 4.07. The molecule has 1 atom stereocenters. The number of hydrogen-bond acceptors (Lipinski definition) is 3. The van der Waals surface area contributed by atoms with Crippen molar-refractivity contribution >= 4 is 11.9 Å². The summed E-state index contributed by atoms with van der Waals surface area (Å²) in [4.78, 5) is 24.5. The summed E-state index contributed by atoms with van der Waals surface area (Å²) in [6.07, 6.45) is 6.86. The summed E-state index contributed by atoms with van der Waals surface area (Å²) >= 11 is 0. The number of carboxylic acid groups (broad SMARTS) is 1. The van der Waals surface area contributed by atoms with Gasteiger partial charge in [0.25, 0.3) is 0 Å². The molecule has 0 aromatic heterocycles. The molecule has 102 valence electrons. The van der Waals surface area contributed by atoms with E-state index in [0.29, 0.717) is 25.6 Å². The molecule has 0 aromatic carbocycles. The van der Waals surface area contributed by atoms with Crippen LogP contribution >= 0.6 is 0 Å². The van der Waals surface area contributed by atoms with Crippen molar-refractivity contribution in [3.05, 3.63) is 0 Å². The molecule has 1 unspecified atom stereocenters. The standard InChI is InChI=1S/C13H22N2O3/c16-12-9-15(10-4-2-1-3-5-10)11(8-14-12)6-7-13(17)18/h10-11H,1-9H2,(H,14,16)(H,17,18). The van der Waals surface area contributed by atoms with Crippen molar-refractivity contribution in [1.82, 2.24) is 10.2 Å². The van der Waals surface area contributed by atoms with Gasteiger partial charge in [-0.1, -0.05) is 19.3 Å². The van der Waals surface area contributed by atoms with Crippen molar-refractivity contribution in [2.45, 2.75) is 57.0 Å². The summed E-state index contributed by atoms with van der Waals surface area (Å²) < 4.78 is 0. The quantitative estimate of drug-likeness (QED) is 0.785. The molecule has 2 fully saturated rings. The zero-order valence-electron chi connectivity index (χ0n) is 10.7. The van der Waals surface area contributed by atoms with E-state index in [1.807, 2.05) is 0 Å². The fourth-order valence-electron chi connectivity index (χ4n) is 3.10. The monoisotopic (exact) mass is 254 g/mol. The van der Waals surface area contributed by atoms with Crippen molar-refractivity contribution in [3.63, 3.8) is 0 Å². The number of rotatable bonds is 4. The second kappa shape index (κ2) is 6.18. The van der Waals surface area contributed by atoms with Crippen molar-refractivity contribution in [3.8, 4) is 0 Å². The predicted octanol–water partition coefficient (Wildman–Crippen LogP) is 0.984. The van der Waals surface area contributed by atoms with E-state index in [1.165, 1.54) is 19.3 Å². The van der Waals surface area contributed by atoms with Crippen LogP contribution in [-0.2, 0) is 9.59 Å². The zero-order valence-corrected chi connectivity index (χ0v) is 10.7. The van der Waals surface area contributed by atoms with Crippen LogP contribution in [0.3, 0.4) is 0 Å². The van der Waals surface area contributed by atoms with Gasteiger partial charge in [0.15, 0.2) is 0 Å². The van der Waals surface area contributed by atoms with Gasteiger partial charge in [-0.3, -0.25) is 14.5 Å². The highest BCUT2D eigenvalue weighted by Gasteiger charge is 2.32. The molecule has 5 heteroatoms. The van der Waals surface area contributed by atoms with E-state index in [0.717, 1.165) is 12.8 Å². The minimum atomic E-state index is -0.754. The molecule has 1 saturated carbocycles. The summed E-state index contributed by atoms with van der Waals surface area (Å²) in [5.74, 6) is -0.678. The maximum Gasteiger partial charge on any atom is 0.303 e. The minimum absolute atomic E-state index is 0.0761. The SMILES string of the molecule is O=C(O)CCC1CNC(=O)CN1C1CCCCC1. The third kappa shape index (κ3) is 3.45. The van der Waals surface area contributed by atoms with E-state index in [2.05, 4.69) is 10.2 Å². The van der Waals surface area contributed by atoms with Crippen LogP contribution in [0.1, 0.15) is 44.9 Å². The Morgan fingerprint density at radius 2 is 2.06 bits per heavy atom. The maximum absolute atomic E-state index is 11.5. The lowest BCUT2D eigenvalue weighted by Crippen LogP contribution is -2.58. The first kappa shape index (κ1) is 13.3. The van der Waals surface area contributed by atoms with Crippen molar-refractivity contribution in [1.29, 1.82) is 0 Å². The number of nitrogens with one attached hydrogen (secondary N) is 1. The van der Waals surface area contributed by atoms with Crippen LogP contribution in [0, 0.1) is 0 Å². The Morgan fingerprint density at radius 3 is 2.72 bits per heavy atom.